The van der Waals surface area contributed by atoms with Crippen molar-refractivity contribution in [3.8, 4) is 0 Å². The summed E-state index contributed by atoms with van der Waals surface area (Å²) in [6, 6.07) is 12.4. The summed E-state index contributed by atoms with van der Waals surface area (Å²) in [4.78, 5) is 13.7. The van der Waals surface area contributed by atoms with E-state index < -0.39 is 23.9 Å². The summed E-state index contributed by atoms with van der Waals surface area (Å²) in [5, 5.41) is 0. The van der Waals surface area contributed by atoms with Crippen LogP contribution in [-0.2, 0) is 17.5 Å². The van der Waals surface area contributed by atoms with E-state index in [9.17, 15) is 18.0 Å². The molecule has 2 aromatic carbocycles. The standard InChI is InChI=1S/C18H15BrF3NO2/c1-11-16(12-5-3-2-4-6-12)25-17(24)23(11)10-13-9-14(18(20,21)22)7-8-15(13)19/h2-9,11,16H,10H2,1H3/t11-,16-/m1/s1. The highest BCUT2D eigenvalue weighted by Crippen LogP contribution is 2.36. The van der Waals surface area contributed by atoms with E-state index in [0.717, 1.165) is 17.7 Å². The molecule has 1 amide bonds. The van der Waals surface area contributed by atoms with Crippen LogP contribution in [0, 0.1) is 0 Å². The summed E-state index contributed by atoms with van der Waals surface area (Å²) in [7, 11) is 0. The zero-order chi connectivity index (χ0) is 18.2. The predicted octanol–water partition coefficient (Wildman–Crippen LogP) is 5.55. The summed E-state index contributed by atoms with van der Waals surface area (Å²) in [6.45, 7) is 1.86. The molecule has 2 aromatic rings. The van der Waals surface area contributed by atoms with Crippen LogP contribution < -0.4 is 0 Å². The van der Waals surface area contributed by atoms with Gasteiger partial charge in [-0.05, 0) is 36.2 Å². The van der Waals surface area contributed by atoms with Gasteiger partial charge >= 0.3 is 12.3 Å². The maximum atomic E-state index is 12.9. The van der Waals surface area contributed by atoms with Crippen LogP contribution in [0.25, 0.3) is 0 Å². The zero-order valence-electron chi connectivity index (χ0n) is 13.3. The Kier molecular flexibility index (Phi) is 4.77. The molecule has 0 N–H and O–H groups in total. The third-order valence-electron chi connectivity index (χ3n) is 4.23. The summed E-state index contributed by atoms with van der Waals surface area (Å²) < 4.78 is 44.7. The highest BCUT2D eigenvalue weighted by Gasteiger charge is 2.40. The lowest BCUT2D eigenvalue weighted by atomic mass is 10.0. The Morgan fingerprint density at radius 3 is 2.48 bits per heavy atom. The van der Waals surface area contributed by atoms with Crippen molar-refractivity contribution in [2.45, 2.75) is 31.8 Å². The Hall–Kier alpha value is -2.02. The molecule has 0 aromatic heterocycles. The molecule has 0 radical (unpaired) electrons. The molecule has 3 nitrogen and oxygen atoms in total. The molecule has 1 aliphatic rings. The molecule has 1 saturated heterocycles. The number of alkyl halides is 3. The van der Waals surface area contributed by atoms with Crippen LogP contribution >= 0.6 is 15.9 Å². The summed E-state index contributed by atoms with van der Waals surface area (Å²) >= 11 is 3.26. The Balaban J connectivity index is 1.85. The van der Waals surface area contributed by atoms with Gasteiger partial charge in [-0.3, -0.25) is 4.90 Å². The number of hydrogen-bond acceptors (Lipinski definition) is 2. The van der Waals surface area contributed by atoms with E-state index in [2.05, 4.69) is 15.9 Å². The second-order valence-corrected chi connectivity index (χ2v) is 6.74. The number of halogens is 4. The monoisotopic (exact) mass is 413 g/mol. The van der Waals surface area contributed by atoms with E-state index >= 15 is 0 Å². The maximum absolute atomic E-state index is 12.9. The second-order valence-electron chi connectivity index (χ2n) is 5.89. The first-order chi connectivity index (χ1) is 11.8. The normalized spacial score (nSPS) is 20.7. The fraction of sp³-hybridized carbons (Fsp3) is 0.278. The summed E-state index contributed by atoms with van der Waals surface area (Å²) in [6.07, 6.45) is -5.41. The van der Waals surface area contributed by atoms with E-state index in [1.807, 2.05) is 37.3 Å². The first kappa shape index (κ1) is 17.8. The number of nitrogens with zero attached hydrogens (tertiary/aromatic N) is 1. The van der Waals surface area contributed by atoms with Gasteiger partial charge in [-0.2, -0.15) is 13.2 Å². The van der Waals surface area contributed by atoms with Crippen molar-refractivity contribution < 1.29 is 22.7 Å². The third kappa shape index (κ3) is 3.66. The highest BCUT2D eigenvalue weighted by molar-refractivity contribution is 9.10. The molecule has 1 heterocycles. The number of rotatable bonds is 3. The topological polar surface area (TPSA) is 29.5 Å². The van der Waals surface area contributed by atoms with Crippen molar-refractivity contribution in [2.75, 3.05) is 0 Å². The van der Waals surface area contributed by atoms with Gasteiger partial charge in [0.25, 0.3) is 0 Å². The fourth-order valence-corrected chi connectivity index (χ4v) is 3.23. The molecule has 1 aliphatic heterocycles. The number of carbonyl (C=O) groups excluding carboxylic acids is 1. The molecule has 0 spiro atoms. The lowest BCUT2D eigenvalue weighted by Gasteiger charge is -2.22. The highest BCUT2D eigenvalue weighted by atomic mass is 79.9. The molecule has 1 fully saturated rings. The largest absolute Gasteiger partial charge is 0.439 e. The van der Waals surface area contributed by atoms with Gasteiger partial charge < -0.3 is 4.74 Å². The van der Waals surface area contributed by atoms with E-state index in [-0.39, 0.29) is 12.6 Å². The van der Waals surface area contributed by atoms with Gasteiger partial charge in [-0.25, -0.2) is 4.79 Å². The average molecular weight is 414 g/mol. The predicted molar refractivity (Wildman–Crippen MR) is 89.8 cm³/mol. The van der Waals surface area contributed by atoms with Gasteiger partial charge in [0.2, 0.25) is 0 Å². The Labute approximate surface area is 151 Å². The second kappa shape index (κ2) is 6.71. The SMILES string of the molecule is C[C@@H]1[C@H](c2ccccc2)OC(=O)N1Cc1cc(C(F)(F)F)ccc1Br. The van der Waals surface area contributed by atoms with Gasteiger partial charge in [0, 0.05) is 4.47 Å². The molecular weight excluding hydrogens is 399 g/mol. The Bertz CT molecular complexity index is 780. The number of carbonyl (C=O) groups is 1. The smallest absolute Gasteiger partial charge is 0.416 e. The molecule has 0 aliphatic carbocycles. The number of cyclic esters (lactones) is 1. The van der Waals surface area contributed by atoms with E-state index in [1.165, 1.54) is 11.0 Å². The molecule has 25 heavy (non-hydrogen) atoms. The van der Waals surface area contributed by atoms with Crippen molar-refractivity contribution in [3.63, 3.8) is 0 Å². The van der Waals surface area contributed by atoms with Gasteiger partial charge in [0.15, 0.2) is 0 Å². The minimum Gasteiger partial charge on any atom is -0.439 e. The van der Waals surface area contributed by atoms with Crippen molar-refractivity contribution in [1.29, 1.82) is 0 Å². The minimum absolute atomic E-state index is 0.0356. The van der Waals surface area contributed by atoms with Crippen LogP contribution in [0.15, 0.2) is 53.0 Å². The molecule has 132 valence electrons. The van der Waals surface area contributed by atoms with Gasteiger partial charge in [-0.1, -0.05) is 46.3 Å². The van der Waals surface area contributed by atoms with Crippen LogP contribution in [0.5, 0.6) is 0 Å². The molecular formula is C18H15BrF3NO2. The first-order valence-electron chi connectivity index (χ1n) is 7.65. The van der Waals surface area contributed by atoms with Crippen molar-refractivity contribution in [1.82, 2.24) is 4.90 Å². The Morgan fingerprint density at radius 2 is 1.84 bits per heavy atom. The van der Waals surface area contributed by atoms with Crippen molar-refractivity contribution in [2.24, 2.45) is 0 Å². The van der Waals surface area contributed by atoms with E-state index in [0.29, 0.717) is 10.0 Å². The average Bonchev–Trinajstić information content (AvgIpc) is 2.84. The lowest BCUT2D eigenvalue weighted by Crippen LogP contribution is -2.31. The van der Waals surface area contributed by atoms with Crippen LogP contribution in [0.3, 0.4) is 0 Å². The van der Waals surface area contributed by atoms with Crippen LogP contribution in [0.2, 0.25) is 0 Å². The van der Waals surface area contributed by atoms with E-state index in [4.69, 9.17) is 4.74 Å². The molecule has 0 bridgehead atoms. The maximum Gasteiger partial charge on any atom is 0.416 e. The molecule has 2 atom stereocenters. The number of benzene rings is 2. The van der Waals surface area contributed by atoms with Crippen LogP contribution in [0.1, 0.15) is 29.7 Å². The lowest BCUT2D eigenvalue weighted by molar-refractivity contribution is -0.137. The van der Waals surface area contributed by atoms with Crippen LogP contribution in [-0.4, -0.2) is 17.0 Å². The molecule has 3 rings (SSSR count). The molecule has 0 saturated carbocycles. The minimum atomic E-state index is -4.43. The summed E-state index contributed by atoms with van der Waals surface area (Å²) in [5.41, 5.74) is 0.492. The van der Waals surface area contributed by atoms with E-state index in [1.54, 1.807) is 0 Å². The third-order valence-corrected chi connectivity index (χ3v) is 5.01. The number of hydrogen-bond donors (Lipinski definition) is 0. The first-order valence-corrected chi connectivity index (χ1v) is 8.44. The van der Waals surface area contributed by atoms with Crippen molar-refractivity contribution in [3.05, 3.63) is 69.7 Å². The quantitative estimate of drug-likeness (QED) is 0.659. The van der Waals surface area contributed by atoms with Crippen LogP contribution in [0.4, 0.5) is 18.0 Å². The fourth-order valence-electron chi connectivity index (χ4n) is 2.86. The molecule has 7 heteroatoms. The summed E-state index contributed by atoms with van der Waals surface area (Å²) in [5.74, 6) is 0. The van der Waals surface area contributed by atoms with Crippen molar-refractivity contribution >= 4 is 22.0 Å². The van der Waals surface area contributed by atoms with Gasteiger partial charge in [0.05, 0.1) is 18.2 Å². The molecule has 0 unspecified atom stereocenters. The van der Waals surface area contributed by atoms with Gasteiger partial charge in [0.1, 0.15) is 6.10 Å². The van der Waals surface area contributed by atoms with Gasteiger partial charge in [-0.15, -0.1) is 0 Å². The Morgan fingerprint density at radius 1 is 1.16 bits per heavy atom. The number of ether oxygens (including phenoxy) is 1. The zero-order valence-corrected chi connectivity index (χ0v) is 14.8. The number of amides is 1.